The van der Waals surface area contributed by atoms with Crippen molar-refractivity contribution < 1.29 is 22.4 Å². The fraction of sp³-hybridized carbons (Fsp3) is 0.500. The number of aromatic nitrogens is 1. The molecule has 0 bridgehead atoms. The third-order valence-corrected chi connectivity index (χ3v) is 3.07. The number of pyridine rings is 1. The number of amides is 1. The molecular formula is C12H13F4N3O. The minimum Gasteiger partial charge on any atom is -0.351 e. The maximum atomic E-state index is 13.6. The van der Waals surface area contributed by atoms with Gasteiger partial charge in [-0.3, -0.25) is 4.79 Å². The van der Waals surface area contributed by atoms with Crippen LogP contribution in [0.4, 0.5) is 17.6 Å². The van der Waals surface area contributed by atoms with Gasteiger partial charge in [-0.2, -0.15) is 13.2 Å². The van der Waals surface area contributed by atoms with Crippen molar-refractivity contribution in [3.05, 3.63) is 29.3 Å². The summed E-state index contributed by atoms with van der Waals surface area (Å²) in [6.45, 7) is 0.425. The summed E-state index contributed by atoms with van der Waals surface area (Å²) < 4.78 is 51.1. The highest BCUT2D eigenvalue weighted by atomic mass is 19.4. The normalized spacial score (nSPS) is 19.1. The predicted octanol–water partition coefficient (Wildman–Crippen LogP) is 1.61. The average molecular weight is 291 g/mol. The largest absolute Gasteiger partial charge is 0.436 e. The number of hydrogen-bond acceptors (Lipinski definition) is 3. The molecule has 2 rings (SSSR count). The smallest absolute Gasteiger partial charge is 0.351 e. The summed E-state index contributed by atoms with van der Waals surface area (Å²) >= 11 is 0. The van der Waals surface area contributed by atoms with Gasteiger partial charge >= 0.3 is 6.18 Å². The van der Waals surface area contributed by atoms with E-state index >= 15 is 0 Å². The van der Waals surface area contributed by atoms with E-state index in [1.54, 1.807) is 0 Å². The zero-order valence-electron chi connectivity index (χ0n) is 10.4. The SMILES string of the molecule is O=C(NCc1ccnc(C(F)(F)F)c1F)[C@@H]1CCCN1. The highest BCUT2D eigenvalue weighted by Gasteiger charge is 2.37. The van der Waals surface area contributed by atoms with E-state index in [1.165, 1.54) is 0 Å². The van der Waals surface area contributed by atoms with E-state index in [1.807, 2.05) is 0 Å². The molecule has 1 aliphatic rings. The zero-order chi connectivity index (χ0) is 14.8. The van der Waals surface area contributed by atoms with E-state index < -0.39 is 17.7 Å². The van der Waals surface area contributed by atoms with Gasteiger partial charge in [-0.25, -0.2) is 9.37 Å². The summed E-state index contributed by atoms with van der Waals surface area (Å²) in [5.74, 6) is -1.79. The molecular weight excluding hydrogens is 278 g/mol. The fourth-order valence-electron chi connectivity index (χ4n) is 2.03. The van der Waals surface area contributed by atoms with Crippen LogP contribution in [-0.2, 0) is 17.5 Å². The first kappa shape index (κ1) is 14.7. The Labute approximate surface area is 112 Å². The number of rotatable bonds is 3. The molecule has 1 fully saturated rings. The van der Waals surface area contributed by atoms with Crippen LogP contribution < -0.4 is 10.6 Å². The van der Waals surface area contributed by atoms with Gasteiger partial charge in [-0.15, -0.1) is 0 Å². The van der Waals surface area contributed by atoms with Gasteiger partial charge in [-0.05, 0) is 25.5 Å². The molecule has 0 radical (unpaired) electrons. The molecule has 0 spiro atoms. The summed E-state index contributed by atoms with van der Waals surface area (Å²) in [6.07, 6.45) is -2.45. The Kier molecular flexibility index (Phi) is 4.22. The van der Waals surface area contributed by atoms with Crippen LogP contribution in [0.5, 0.6) is 0 Å². The number of nitrogens with one attached hydrogen (secondary N) is 2. The number of alkyl halides is 3. The van der Waals surface area contributed by atoms with E-state index in [-0.39, 0.29) is 24.1 Å². The van der Waals surface area contributed by atoms with Crippen LogP contribution in [0.2, 0.25) is 0 Å². The van der Waals surface area contributed by atoms with Crippen molar-refractivity contribution in [2.75, 3.05) is 6.54 Å². The summed E-state index contributed by atoms with van der Waals surface area (Å²) in [5, 5.41) is 5.37. The summed E-state index contributed by atoms with van der Waals surface area (Å²) in [7, 11) is 0. The molecule has 2 N–H and O–H groups in total. The lowest BCUT2D eigenvalue weighted by Gasteiger charge is -2.13. The van der Waals surface area contributed by atoms with Crippen LogP contribution >= 0.6 is 0 Å². The van der Waals surface area contributed by atoms with Gasteiger partial charge in [0.25, 0.3) is 0 Å². The number of carbonyl (C=O) groups is 1. The van der Waals surface area contributed by atoms with Crippen molar-refractivity contribution >= 4 is 5.91 Å². The van der Waals surface area contributed by atoms with E-state index in [4.69, 9.17) is 0 Å². The Morgan fingerprint density at radius 2 is 2.25 bits per heavy atom. The highest BCUT2D eigenvalue weighted by Crippen LogP contribution is 2.30. The number of carbonyl (C=O) groups excluding carboxylic acids is 1. The third kappa shape index (κ3) is 3.24. The Morgan fingerprint density at radius 1 is 1.50 bits per heavy atom. The second-order valence-corrected chi connectivity index (χ2v) is 4.50. The van der Waals surface area contributed by atoms with Crippen molar-refractivity contribution in [3.8, 4) is 0 Å². The molecule has 8 heteroatoms. The average Bonchev–Trinajstić information content (AvgIpc) is 2.89. The molecule has 0 aliphatic carbocycles. The maximum Gasteiger partial charge on any atom is 0.436 e. The zero-order valence-corrected chi connectivity index (χ0v) is 10.4. The number of halogens is 4. The molecule has 1 amide bonds. The Bertz CT molecular complexity index is 498. The molecule has 20 heavy (non-hydrogen) atoms. The van der Waals surface area contributed by atoms with E-state index in [0.29, 0.717) is 6.42 Å². The predicted molar refractivity (Wildman–Crippen MR) is 62.1 cm³/mol. The van der Waals surface area contributed by atoms with Crippen LogP contribution in [0.1, 0.15) is 24.1 Å². The van der Waals surface area contributed by atoms with Gasteiger partial charge in [-0.1, -0.05) is 0 Å². The number of nitrogens with zero attached hydrogens (tertiary/aromatic N) is 1. The molecule has 0 saturated carbocycles. The first-order valence-electron chi connectivity index (χ1n) is 6.11. The third-order valence-electron chi connectivity index (χ3n) is 3.07. The van der Waals surface area contributed by atoms with Crippen molar-refractivity contribution in [3.63, 3.8) is 0 Å². The Balaban J connectivity index is 2.04. The Morgan fingerprint density at radius 3 is 2.85 bits per heavy atom. The van der Waals surface area contributed by atoms with Crippen LogP contribution in [-0.4, -0.2) is 23.5 Å². The molecule has 1 atom stereocenters. The lowest BCUT2D eigenvalue weighted by Crippen LogP contribution is -2.40. The maximum absolute atomic E-state index is 13.6. The van der Waals surface area contributed by atoms with Gasteiger partial charge in [0.05, 0.1) is 6.04 Å². The summed E-state index contributed by atoms with van der Waals surface area (Å²) in [4.78, 5) is 14.7. The standard InChI is InChI=1S/C12H13F4N3O/c13-9-7(3-5-18-10(9)12(14,15)16)6-19-11(20)8-2-1-4-17-8/h3,5,8,17H,1-2,4,6H2,(H,19,20)/t8-/m0/s1. The van der Waals surface area contributed by atoms with Gasteiger partial charge in [0.2, 0.25) is 5.91 Å². The topological polar surface area (TPSA) is 54.0 Å². The van der Waals surface area contributed by atoms with Crippen molar-refractivity contribution in [2.45, 2.75) is 31.6 Å². The molecule has 2 heterocycles. The van der Waals surface area contributed by atoms with Gasteiger partial charge < -0.3 is 10.6 Å². The molecule has 4 nitrogen and oxygen atoms in total. The highest BCUT2D eigenvalue weighted by molar-refractivity contribution is 5.81. The first-order chi connectivity index (χ1) is 9.39. The minimum atomic E-state index is -4.85. The molecule has 0 aromatic carbocycles. The fourth-order valence-corrected chi connectivity index (χ4v) is 2.03. The van der Waals surface area contributed by atoms with Crippen LogP contribution in [0.25, 0.3) is 0 Å². The van der Waals surface area contributed by atoms with Gasteiger partial charge in [0, 0.05) is 18.3 Å². The number of hydrogen-bond donors (Lipinski definition) is 2. The summed E-state index contributed by atoms with van der Waals surface area (Å²) in [6, 6.07) is 0.759. The lowest BCUT2D eigenvalue weighted by atomic mass is 10.2. The van der Waals surface area contributed by atoms with Crippen LogP contribution in [0.15, 0.2) is 12.3 Å². The molecule has 1 saturated heterocycles. The van der Waals surface area contributed by atoms with Crippen molar-refractivity contribution in [1.29, 1.82) is 0 Å². The van der Waals surface area contributed by atoms with Gasteiger partial charge in [0.1, 0.15) is 0 Å². The Hall–Kier alpha value is -1.70. The van der Waals surface area contributed by atoms with Crippen molar-refractivity contribution in [1.82, 2.24) is 15.6 Å². The lowest BCUT2D eigenvalue weighted by molar-refractivity contribution is -0.143. The second kappa shape index (κ2) is 5.74. The second-order valence-electron chi connectivity index (χ2n) is 4.50. The van der Waals surface area contributed by atoms with Gasteiger partial charge in [0.15, 0.2) is 11.5 Å². The molecule has 1 aliphatic heterocycles. The van der Waals surface area contributed by atoms with E-state index in [9.17, 15) is 22.4 Å². The van der Waals surface area contributed by atoms with E-state index in [2.05, 4.69) is 15.6 Å². The molecule has 1 aromatic heterocycles. The molecule has 110 valence electrons. The molecule has 0 unspecified atom stereocenters. The minimum absolute atomic E-state index is 0.237. The van der Waals surface area contributed by atoms with E-state index in [0.717, 1.165) is 25.2 Å². The monoisotopic (exact) mass is 291 g/mol. The van der Waals surface area contributed by atoms with Crippen molar-refractivity contribution in [2.24, 2.45) is 0 Å². The molecule has 1 aromatic rings. The summed E-state index contributed by atoms with van der Waals surface area (Å²) in [5.41, 5.74) is -1.80. The van der Waals surface area contributed by atoms with Crippen LogP contribution in [0.3, 0.4) is 0 Å². The quantitative estimate of drug-likeness (QED) is 0.832. The van der Waals surface area contributed by atoms with Crippen LogP contribution in [0, 0.1) is 5.82 Å². The first-order valence-corrected chi connectivity index (χ1v) is 6.11.